The Bertz CT molecular complexity index is 756. The van der Waals surface area contributed by atoms with Gasteiger partial charge < -0.3 is 9.84 Å². The smallest absolute Gasteiger partial charge is 0.303 e. The lowest BCUT2D eigenvalue weighted by molar-refractivity contribution is -0.384. The van der Waals surface area contributed by atoms with Gasteiger partial charge in [-0.15, -0.1) is 0 Å². The third-order valence-electron chi connectivity index (χ3n) is 3.66. The molecule has 1 heterocycles. The van der Waals surface area contributed by atoms with Gasteiger partial charge in [0.1, 0.15) is 11.9 Å². The normalized spacial score (nSPS) is 15.4. The van der Waals surface area contributed by atoms with Crippen molar-refractivity contribution in [3.63, 3.8) is 0 Å². The number of ether oxygens (including phenoxy) is 1. The Morgan fingerprint density at radius 3 is 2.73 bits per heavy atom. The number of nitro groups is 1. The Morgan fingerprint density at radius 2 is 2.00 bits per heavy atom. The van der Waals surface area contributed by atoms with Gasteiger partial charge in [-0.25, -0.2) is 0 Å². The van der Waals surface area contributed by atoms with Crippen molar-refractivity contribution in [2.45, 2.75) is 18.9 Å². The number of carbonyl (C=O) groups is 1. The summed E-state index contributed by atoms with van der Waals surface area (Å²) < 4.78 is 5.86. The van der Waals surface area contributed by atoms with E-state index in [2.05, 4.69) is 0 Å². The molecule has 0 aliphatic carbocycles. The van der Waals surface area contributed by atoms with E-state index in [1.54, 1.807) is 6.07 Å². The van der Waals surface area contributed by atoms with Gasteiger partial charge in [0.25, 0.3) is 5.69 Å². The maximum atomic E-state index is 10.9. The van der Waals surface area contributed by atoms with E-state index >= 15 is 0 Å². The van der Waals surface area contributed by atoms with Crippen LogP contribution in [0.4, 0.5) is 5.69 Å². The van der Waals surface area contributed by atoms with E-state index in [1.165, 1.54) is 12.1 Å². The van der Waals surface area contributed by atoms with E-state index in [0.717, 1.165) is 11.1 Å². The lowest BCUT2D eigenvalue weighted by Crippen LogP contribution is -2.15. The number of benzene rings is 2. The van der Waals surface area contributed by atoms with Gasteiger partial charge in [-0.2, -0.15) is 0 Å². The number of aliphatic carboxylic acids is 1. The van der Waals surface area contributed by atoms with Crippen LogP contribution in [0.25, 0.3) is 11.1 Å². The summed E-state index contributed by atoms with van der Waals surface area (Å²) in [5.41, 5.74) is 2.37. The fraction of sp³-hybridized carbons (Fsp3) is 0.188. The quantitative estimate of drug-likeness (QED) is 0.688. The summed E-state index contributed by atoms with van der Waals surface area (Å²) in [6, 6.07) is 11.9. The molecule has 0 amide bonds. The second-order valence-electron chi connectivity index (χ2n) is 5.06. The van der Waals surface area contributed by atoms with Crippen LogP contribution < -0.4 is 4.74 Å². The molecule has 0 bridgehead atoms. The Balaban J connectivity index is 2.05. The first-order valence-electron chi connectivity index (χ1n) is 6.82. The summed E-state index contributed by atoms with van der Waals surface area (Å²) in [5.74, 6) is -0.338. The third kappa shape index (κ3) is 2.50. The molecule has 0 saturated heterocycles. The summed E-state index contributed by atoms with van der Waals surface area (Å²) in [6.07, 6.45) is -0.00867. The SMILES string of the molecule is O=C(O)CCC1Oc2ccc([N+](=O)[O-])cc2-c2ccccc21. The zero-order chi connectivity index (χ0) is 15.7. The minimum Gasteiger partial charge on any atom is -0.485 e. The molecular weight excluding hydrogens is 286 g/mol. The summed E-state index contributed by atoms with van der Waals surface area (Å²) in [7, 11) is 0. The molecule has 0 spiro atoms. The number of nitro benzene ring substituents is 1. The molecule has 6 heteroatoms. The Hall–Kier alpha value is -2.89. The molecule has 2 aromatic carbocycles. The largest absolute Gasteiger partial charge is 0.485 e. The number of carboxylic acid groups (broad SMARTS) is 1. The van der Waals surface area contributed by atoms with Crippen molar-refractivity contribution in [3.8, 4) is 16.9 Å². The molecule has 112 valence electrons. The maximum Gasteiger partial charge on any atom is 0.303 e. The molecule has 22 heavy (non-hydrogen) atoms. The molecular formula is C16H13NO5. The van der Waals surface area contributed by atoms with E-state index in [9.17, 15) is 14.9 Å². The standard InChI is InChI=1S/C16H13NO5/c18-16(19)8-7-14-12-4-2-1-3-11(12)13-9-10(17(20)21)5-6-15(13)22-14/h1-6,9,14H,7-8H2,(H,18,19). The number of non-ortho nitro benzene ring substituents is 1. The van der Waals surface area contributed by atoms with Crippen LogP contribution in [0.3, 0.4) is 0 Å². The highest BCUT2D eigenvalue weighted by atomic mass is 16.6. The van der Waals surface area contributed by atoms with Crippen LogP contribution in [0.15, 0.2) is 42.5 Å². The van der Waals surface area contributed by atoms with E-state index in [1.807, 2.05) is 24.3 Å². The Morgan fingerprint density at radius 1 is 1.23 bits per heavy atom. The molecule has 0 saturated carbocycles. The average Bonchev–Trinajstić information content (AvgIpc) is 2.52. The molecule has 6 nitrogen and oxygen atoms in total. The highest BCUT2D eigenvalue weighted by molar-refractivity contribution is 5.77. The summed E-state index contributed by atoms with van der Waals surface area (Å²) >= 11 is 0. The number of fused-ring (bicyclic) bond motifs is 3. The van der Waals surface area contributed by atoms with Crippen molar-refractivity contribution in [2.24, 2.45) is 0 Å². The molecule has 0 fully saturated rings. The van der Waals surface area contributed by atoms with Crippen molar-refractivity contribution >= 4 is 11.7 Å². The fourth-order valence-corrected chi connectivity index (χ4v) is 2.65. The highest BCUT2D eigenvalue weighted by Gasteiger charge is 2.27. The van der Waals surface area contributed by atoms with Crippen molar-refractivity contribution in [2.75, 3.05) is 0 Å². The number of rotatable bonds is 4. The zero-order valence-corrected chi connectivity index (χ0v) is 11.6. The van der Waals surface area contributed by atoms with Crippen LogP contribution in [0.1, 0.15) is 24.5 Å². The van der Waals surface area contributed by atoms with Crippen molar-refractivity contribution in [1.82, 2.24) is 0 Å². The summed E-state index contributed by atoms with van der Waals surface area (Å²) in [5, 5.41) is 19.8. The van der Waals surface area contributed by atoms with Crippen molar-refractivity contribution < 1.29 is 19.6 Å². The summed E-state index contributed by atoms with van der Waals surface area (Å²) in [6.45, 7) is 0. The molecule has 1 N–H and O–H groups in total. The van der Waals surface area contributed by atoms with E-state index in [0.29, 0.717) is 17.7 Å². The van der Waals surface area contributed by atoms with Crippen molar-refractivity contribution in [1.29, 1.82) is 0 Å². The van der Waals surface area contributed by atoms with Crippen LogP contribution in [-0.2, 0) is 4.79 Å². The highest BCUT2D eigenvalue weighted by Crippen LogP contribution is 2.44. The second kappa shape index (κ2) is 5.48. The first-order chi connectivity index (χ1) is 10.6. The predicted molar refractivity (Wildman–Crippen MR) is 78.8 cm³/mol. The first kappa shape index (κ1) is 14.1. The maximum absolute atomic E-state index is 10.9. The topological polar surface area (TPSA) is 89.7 Å². The van der Waals surface area contributed by atoms with Gasteiger partial charge in [-0.3, -0.25) is 14.9 Å². The number of hydrogen-bond donors (Lipinski definition) is 1. The van der Waals surface area contributed by atoms with Crippen LogP contribution in [0.2, 0.25) is 0 Å². The molecule has 1 aliphatic rings. The molecule has 1 aliphatic heterocycles. The van der Waals surface area contributed by atoms with Gasteiger partial charge in [0.15, 0.2) is 0 Å². The second-order valence-corrected chi connectivity index (χ2v) is 5.06. The van der Waals surface area contributed by atoms with Gasteiger partial charge in [0.05, 0.1) is 4.92 Å². The Kier molecular flexibility index (Phi) is 3.50. The van der Waals surface area contributed by atoms with Crippen LogP contribution in [0, 0.1) is 10.1 Å². The lowest BCUT2D eigenvalue weighted by Gasteiger charge is -2.28. The molecule has 3 rings (SSSR count). The number of hydrogen-bond acceptors (Lipinski definition) is 4. The molecule has 1 atom stereocenters. The van der Waals surface area contributed by atoms with Gasteiger partial charge in [0, 0.05) is 29.7 Å². The Labute approximate surface area is 126 Å². The van der Waals surface area contributed by atoms with Gasteiger partial charge in [-0.05, 0) is 18.1 Å². The zero-order valence-electron chi connectivity index (χ0n) is 11.6. The summed E-state index contributed by atoms with van der Waals surface area (Å²) in [4.78, 5) is 21.3. The van der Waals surface area contributed by atoms with Gasteiger partial charge >= 0.3 is 5.97 Å². The van der Waals surface area contributed by atoms with Gasteiger partial charge in [-0.1, -0.05) is 24.3 Å². The molecule has 2 aromatic rings. The minimum absolute atomic E-state index is 0.00105. The predicted octanol–water partition coefficient (Wildman–Crippen LogP) is 3.56. The van der Waals surface area contributed by atoms with Crippen LogP contribution >= 0.6 is 0 Å². The molecule has 0 aromatic heterocycles. The lowest BCUT2D eigenvalue weighted by atomic mass is 9.91. The monoisotopic (exact) mass is 299 g/mol. The first-order valence-corrected chi connectivity index (χ1v) is 6.82. The van der Waals surface area contributed by atoms with E-state index in [4.69, 9.17) is 9.84 Å². The average molecular weight is 299 g/mol. The fourth-order valence-electron chi connectivity index (χ4n) is 2.65. The molecule has 1 unspecified atom stereocenters. The minimum atomic E-state index is -0.879. The van der Waals surface area contributed by atoms with E-state index < -0.39 is 10.9 Å². The molecule has 0 radical (unpaired) electrons. The van der Waals surface area contributed by atoms with Crippen molar-refractivity contribution in [3.05, 3.63) is 58.1 Å². The van der Waals surface area contributed by atoms with Gasteiger partial charge in [0.2, 0.25) is 0 Å². The van der Waals surface area contributed by atoms with E-state index in [-0.39, 0.29) is 18.2 Å². The number of carboxylic acids is 1. The van der Waals surface area contributed by atoms with Crippen LogP contribution in [0.5, 0.6) is 5.75 Å². The van der Waals surface area contributed by atoms with Crippen LogP contribution in [-0.4, -0.2) is 16.0 Å². The number of nitrogens with zero attached hydrogens (tertiary/aromatic N) is 1. The third-order valence-corrected chi connectivity index (χ3v) is 3.66.